The van der Waals surface area contributed by atoms with Crippen LogP contribution in [0.2, 0.25) is 0 Å². The number of carbonyl (C=O) groups is 1. The van der Waals surface area contributed by atoms with E-state index < -0.39 is 23.9 Å². The Morgan fingerprint density at radius 2 is 2.05 bits per heavy atom. The SMILES string of the molecule is CCOC(=O)C1(C(F)F)C=C(F)N(c2ccccc2)N1. The number of benzene rings is 1. The van der Waals surface area contributed by atoms with Crippen molar-refractivity contribution in [2.45, 2.75) is 18.9 Å². The summed E-state index contributed by atoms with van der Waals surface area (Å²) in [6.07, 6.45) is -2.61. The van der Waals surface area contributed by atoms with Crippen molar-refractivity contribution in [2.24, 2.45) is 0 Å². The second-order valence-electron chi connectivity index (χ2n) is 4.14. The Bertz CT molecular complexity index is 522. The Kier molecular flexibility index (Phi) is 3.99. The number of para-hydroxylation sites is 1. The number of hydrogen-bond donors (Lipinski definition) is 1. The normalized spacial score (nSPS) is 22.1. The summed E-state index contributed by atoms with van der Waals surface area (Å²) in [4.78, 5) is 11.7. The minimum Gasteiger partial charge on any atom is -0.464 e. The molecular weight excluding hydrogens is 273 g/mol. The van der Waals surface area contributed by atoms with E-state index in [4.69, 9.17) is 0 Å². The van der Waals surface area contributed by atoms with E-state index >= 15 is 0 Å². The number of ether oxygens (including phenoxy) is 1. The molecule has 0 fully saturated rings. The first kappa shape index (κ1) is 14.4. The molecule has 0 amide bonds. The summed E-state index contributed by atoms with van der Waals surface area (Å²) in [5.41, 5.74) is -0.00915. The quantitative estimate of drug-likeness (QED) is 0.681. The van der Waals surface area contributed by atoms with E-state index in [2.05, 4.69) is 10.2 Å². The predicted molar refractivity (Wildman–Crippen MR) is 66.6 cm³/mol. The Labute approximate surface area is 113 Å². The molecule has 1 unspecified atom stereocenters. The summed E-state index contributed by atoms with van der Waals surface area (Å²) in [6, 6.07) is 7.99. The number of hydrazine groups is 1. The van der Waals surface area contributed by atoms with Crippen LogP contribution in [-0.2, 0) is 9.53 Å². The van der Waals surface area contributed by atoms with Gasteiger partial charge in [-0.15, -0.1) is 0 Å². The molecule has 0 bridgehead atoms. The van der Waals surface area contributed by atoms with Crippen molar-refractivity contribution in [2.75, 3.05) is 11.6 Å². The van der Waals surface area contributed by atoms with Gasteiger partial charge in [0.05, 0.1) is 12.3 Å². The Morgan fingerprint density at radius 3 is 2.60 bits per heavy atom. The number of carbonyl (C=O) groups excluding carboxylic acids is 1. The highest BCUT2D eigenvalue weighted by atomic mass is 19.3. The van der Waals surface area contributed by atoms with Crippen molar-refractivity contribution in [1.82, 2.24) is 5.43 Å². The third-order valence-corrected chi connectivity index (χ3v) is 2.83. The number of rotatable bonds is 4. The van der Waals surface area contributed by atoms with Gasteiger partial charge in [-0.2, -0.15) is 4.39 Å². The molecule has 20 heavy (non-hydrogen) atoms. The number of nitrogens with one attached hydrogen (secondary N) is 1. The lowest BCUT2D eigenvalue weighted by molar-refractivity contribution is -0.154. The number of esters is 1. The van der Waals surface area contributed by atoms with E-state index in [0.717, 1.165) is 5.01 Å². The standard InChI is InChI=1S/C13H13F3N2O2/c1-2-20-12(19)13(11(15)16)8-10(14)18(17-13)9-6-4-3-5-7-9/h3-8,11,17H,2H2,1H3. The second-order valence-corrected chi connectivity index (χ2v) is 4.14. The molecule has 2 rings (SSSR count). The van der Waals surface area contributed by atoms with Gasteiger partial charge < -0.3 is 4.74 Å². The summed E-state index contributed by atoms with van der Waals surface area (Å²) < 4.78 is 45.0. The first-order chi connectivity index (χ1) is 9.51. The Hall–Kier alpha value is -2.02. The molecule has 4 nitrogen and oxygen atoms in total. The zero-order valence-corrected chi connectivity index (χ0v) is 10.6. The molecule has 1 aromatic rings. The van der Waals surface area contributed by atoms with E-state index in [1.807, 2.05) is 0 Å². The molecule has 108 valence electrons. The second kappa shape index (κ2) is 5.54. The van der Waals surface area contributed by atoms with Crippen LogP contribution < -0.4 is 10.4 Å². The van der Waals surface area contributed by atoms with Crippen molar-refractivity contribution in [3.63, 3.8) is 0 Å². The molecule has 0 saturated carbocycles. The zero-order chi connectivity index (χ0) is 14.8. The van der Waals surface area contributed by atoms with Gasteiger partial charge in [0.25, 0.3) is 6.43 Å². The van der Waals surface area contributed by atoms with Crippen LogP contribution in [0.5, 0.6) is 0 Å². The summed E-state index contributed by atoms with van der Waals surface area (Å²) in [6.45, 7) is 1.41. The minimum absolute atomic E-state index is 0.0736. The minimum atomic E-state index is -3.15. The summed E-state index contributed by atoms with van der Waals surface area (Å²) in [5.74, 6) is -2.20. The van der Waals surface area contributed by atoms with Crippen molar-refractivity contribution in [3.05, 3.63) is 42.4 Å². The zero-order valence-electron chi connectivity index (χ0n) is 10.6. The molecule has 1 atom stereocenters. The van der Waals surface area contributed by atoms with Gasteiger partial charge in [0.1, 0.15) is 0 Å². The van der Waals surface area contributed by atoms with Crippen LogP contribution in [0, 0.1) is 0 Å². The van der Waals surface area contributed by atoms with E-state index in [0.29, 0.717) is 11.8 Å². The molecule has 0 saturated heterocycles. The number of anilines is 1. The van der Waals surface area contributed by atoms with E-state index in [1.165, 1.54) is 19.1 Å². The van der Waals surface area contributed by atoms with Crippen molar-refractivity contribution < 1.29 is 22.7 Å². The lowest BCUT2D eigenvalue weighted by atomic mass is 10.0. The number of hydrogen-bond acceptors (Lipinski definition) is 4. The fraction of sp³-hybridized carbons (Fsp3) is 0.308. The van der Waals surface area contributed by atoms with Gasteiger partial charge in [0, 0.05) is 6.08 Å². The summed E-state index contributed by atoms with van der Waals surface area (Å²) in [5, 5.41) is 0.795. The van der Waals surface area contributed by atoms with Crippen LogP contribution in [0.25, 0.3) is 0 Å². The topological polar surface area (TPSA) is 41.6 Å². The van der Waals surface area contributed by atoms with Gasteiger partial charge >= 0.3 is 5.97 Å². The highest BCUT2D eigenvalue weighted by molar-refractivity contribution is 5.86. The number of alkyl halides is 2. The van der Waals surface area contributed by atoms with Crippen LogP contribution in [0.1, 0.15) is 6.92 Å². The third-order valence-electron chi connectivity index (χ3n) is 2.83. The van der Waals surface area contributed by atoms with Crippen LogP contribution in [0.15, 0.2) is 42.4 Å². The average molecular weight is 286 g/mol. The van der Waals surface area contributed by atoms with Crippen molar-refractivity contribution in [1.29, 1.82) is 0 Å². The Balaban J connectivity index is 2.33. The van der Waals surface area contributed by atoms with E-state index in [1.54, 1.807) is 18.2 Å². The molecule has 0 aromatic heterocycles. The first-order valence-corrected chi connectivity index (χ1v) is 5.98. The molecule has 1 aromatic carbocycles. The molecule has 0 aliphatic carbocycles. The maximum Gasteiger partial charge on any atom is 0.338 e. The van der Waals surface area contributed by atoms with Crippen LogP contribution in [-0.4, -0.2) is 24.5 Å². The van der Waals surface area contributed by atoms with E-state index in [9.17, 15) is 18.0 Å². The highest BCUT2D eigenvalue weighted by Crippen LogP contribution is 2.32. The summed E-state index contributed by atoms with van der Waals surface area (Å²) in [7, 11) is 0. The van der Waals surface area contributed by atoms with Gasteiger partial charge in [-0.1, -0.05) is 18.2 Å². The average Bonchev–Trinajstić information content (AvgIpc) is 2.79. The van der Waals surface area contributed by atoms with Crippen LogP contribution >= 0.6 is 0 Å². The molecule has 1 N–H and O–H groups in total. The van der Waals surface area contributed by atoms with Crippen LogP contribution in [0.4, 0.5) is 18.9 Å². The molecule has 1 aliphatic rings. The van der Waals surface area contributed by atoms with Crippen molar-refractivity contribution >= 4 is 11.7 Å². The van der Waals surface area contributed by atoms with Crippen LogP contribution in [0.3, 0.4) is 0 Å². The lowest BCUT2D eigenvalue weighted by Gasteiger charge is -2.28. The molecule has 1 aliphatic heterocycles. The van der Waals surface area contributed by atoms with Gasteiger partial charge in [0.2, 0.25) is 11.5 Å². The third kappa shape index (κ3) is 2.36. The number of nitrogens with zero attached hydrogens (tertiary/aromatic N) is 1. The molecular formula is C13H13F3N2O2. The smallest absolute Gasteiger partial charge is 0.338 e. The molecule has 1 heterocycles. The Morgan fingerprint density at radius 1 is 1.40 bits per heavy atom. The van der Waals surface area contributed by atoms with E-state index in [-0.39, 0.29) is 6.61 Å². The highest BCUT2D eigenvalue weighted by Gasteiger charge is 2.53. The monoisotopic (exact) mass is 286 g/mol. The lowest BCUT2D eigenvalue weighted by Crippen LogP contribution is -2.58. The largest absolute Gasteiger partial charge is 0.464 e. The maximum atomic E-state index is 13.9. The number of halogens is 3. The van der Waals surface area contributed by atoms with Gasteiger partial charge in [0.15, 0.2) is 0 Å². The first-order valence-electron chi connectivity index (χ1n) is 5.98. The fourth-order valence-electron chi connectivity index (χ4n) is 1.84. The van der Waals surface area contributed by atoms with Crippen molar-refractivity contribution in [3.8, 4) is 0 Å². The molecule has 0 spiro atoms. The van der Waals surface area contributed by atoms with Gasteiger partial charge in [-0.3, -0.25) is 5.01 Å². The maximum absolute atomic E-state index is 13.9. The molecule has 7 heteroatoms. The summed E-state index contributed by atoms with van der Waals surface area (Å²) >= 11 is 0. The predicted octanol–water partition coefficient (Wildman–Crippen LogP) is 2.39. The van der Waals surface area contributed by atoms with Gasteiger partial charge in [-0.25, -0.2) is 19.0 Å². The molecule has 0 radical (unpaired) electrons. The van der Waals surface area contributed by atoms with Gasteiger partial charge in [-0.05, 0) is 19.1 Å². The fourth-order valence-corrected chi connectivity index (χ4v) is 1.84.